The molecule has 0 spiro atoms. The van der Waals surface area contributed by atoms with E-state index in [1.54, 1.807) is 25.6 Å². The van der Waals surface area contributed by atoms with Crippen LogP contribution in [0.5, 0.6) is 5.75 Å². The molecule has 0 aliphatic carbocycles. The largest absolute Gasteiger partial charge is 0.496 e. The number of ether oxygens (including phenoxy) is 2. The highest BCUT2D eigenvalue weighted by Crippen LogP contribution is 2.24. The SMILES string of the molecule is COCc1cc(C(C)NCc2sccc2C)ccc1OC. The third-order valence-corrected chi connectivity index (χ3v) is 4.66. The zero-order valence-electron chi connectivity index (χ0n) is 13.1. The highest BCUT2D eigenvalue weighted by atomic mass is 32.1. The second kappa shape index (κ2) is 7.59. The Morgan fingerprint density at radius 2 is 2.05 bits per heavy atom. The van der Waals surface area contributed by atoms with Crippen LogP contribution in [0.3, 0.4) is 0 Å². The van der Waals surface area contributed by atoms with Gasteiger partial charge in [0.05, 0.1) is 13.7 Å². The minimum atomic E-state index is 0.285. The second-order valence-electron chi connectivity index (χ2n) is 5.13. The summed E-state index contributed by atoms with van der Waals surface area (Å²) in [7, 11) is 3.39. The van der Waals surface area contributed by atoms with Crippen molar-refractivity contribution in [1.29, 1.82) is 0 Å². The van der Waals surface area contributed by atoms with Crippen molar-refractivity contribution in [2.24, 2.45) is 0 Å². The first-order valence-electron chi connectivity index (χ1n) is 7.07. The molecule has 0 fully saturated rings. The second-order valence-corrected chi connectivity index (χ2v) is 6.13. The first-order valence-corrected chi connectivity index (χ1v) is 7.95. The molecular formula is C17H23NO2S. The predicted octanol–water partition coefficient (Wildman–Crippen LogP) is 4.06. The van der Waals surface area contributed by atoms with E-state index in [4.69, 9.17) is 9.47 Å². The summed E-state index contributed by atoms with van der Waals surface area (Å²) < 4.78 is 10.6. The molecule has 114 valence electrons. The smallest absolute Gasteiger partial charge is 0.124 e. The van der Waals surface area contributed by atoms with Gasteiger partial charge < -0.3 is 14.8 Å². The maximum atomic E-state index is 5.37. The molecule has 4 heteroatoms. The maximum absolute atomic E-state index is 5.37. The van der Waals surface area contributed by atoms with Crippen molar-refractivity contribution in [3.63, 3.8) is 0 Å². The summed E-state index contributed by atoms with van der Waals surface area (Å²) in [6.45, 7) is 5.80. The molecular weight excluding hydrogens is 282 g/mol. The molecule has 2 rings (SSSR count). The number of methoxy groups -OCH3 is 2. The van der Waals surface area contributed by atoms with Gasteiger partial charge in [0.2, 0.25) is 0 Å². The summed E-state index contributed by atoms with van der Waals surface area (Å²) in [6, 6.07) is 8.72. The van der Waals surface area contributed by atoms with Gasteiger partial charge in [-0.25, -0.2) is 0 Å². The molecule has 1 atom stereocenters. The van der Waals surface area contributed by atoms with Crippen molar-refractivity contribution in [2.45, 2.75) is 33.0 Å². The van der Waals surface area contributed by atoms with Crippen LogP contribution in [0.2, 0.25) is 0 Å². The van der Waals surface area contributed by atoms with Gasteiger partial charge in [-0.05, 0) is 48.6 Å². The van der Waals surface area contributed by atoms with E-state index in [0.29, 0.717) is 6.61 Å². The standard InChI is InChI=1S/C17H23NO2S/c1-12-7-8-21-17(12)10-18-13(2)14-5-6-16(20-4)15(9-14)11-19-3/h5-9,13,18H,10-11H2,1-4H3. The fourth-order valence-electron chi connectivity index (χ4n) is 2.28. The molecule has 0 amide bonds. The summed E-state index contributed by atoms with van der Waals surface area (Å²) in [5.74, 6) is 0.877. The van der Waals surface area contributed by atoms with E-state index in [1.165, 1.54) is 16.0 Å². The number of hydrogen-bond donors (Lipinski definition) is 1. The monoisotopic (exact) mass is 305 g/mol. The molecule has 21 heavy (non-hydrogen) atoms. The van der Waals surface area contributed by atoms with E-state index >= 15 is 0 Å². The molecule has 2 aromatic rings. The molecule has 0 aliphatic rings. The number of thiophene rings is 1. The molecule has 0 saturated carbocycles. The Balaban J connectivity index is 2.06. The Labute approximate surface area is 130 Å². The lowest BCUT2D eigenvalue weighted by molar-refractivity contribution is 0.181. The minimum absolute atomic E-state index is 0.285. The minimum Gasteiger partial charge on any atom is -0.496 e. The van der Waals surface area contributed by atoms with Crippen LogP contribution in [0, 0.1) is 6.92 Å². The number of rotatable bonds is 7. The van der Waals surface area contributed by atoms with Crippen LogP contribution in [0.15, 0.2) is 29.6 Å². The van der Waals surface area contributed by atoms with Crippen molar-refractivity contribution in [3.8, 4) is 5.75 Å². The van der Waals surface area contributed by atoms with E-state index in [2.05, 4.69) is 42.7 Å². The third-order valence-electron chi connectivity index (χ3n) is 3.64. The number of aryl methyl sites for hydroxylation is 1. The normalized spacial score (nSPS) is 12.4. The summed E-state index contributed by atoms with van der Waals surface area (Å²) in [4.78, 5) is 1.40. The molecule has 1 aromatic heterocycles. The van der Waals surface area contributed by atoms with Crippen molar-refractivity contribution in [1.82, 2.24) is 5.32 Å². The highest BCUT2D eigenvalue weighted by molar-refractivity contribution is 7.10. The zero-order valence-corrected chi connectivity index (χ0v) is 13.9. The molecule has 0 saturated heterocycles. The molecule has 0 radical (unpaired) electrons. The van der Waals surface area contributed by atoms with Crippen LogP contribution >= 0.6 is 11.3 Å². The van der Waals surface area contributed by atoms with Crippen molar-refractivity contribution >= 4 is 11.3 Å². The van der Waals surface area contributed by atoms with E-state index in [1.807, 2.05) is 6.07 Å². The highest BCUT2D eigenvalue weighted by Gasteiger charge is 2.10. The molecule has 0 bridgehead atoms. The molecule has 1 aromatic carbocycles. The lowest BCUT2D eigenvalue weighted by Crippen LogP contribution is -2.18. The van der Waals surface area contributed by atoms with Crippen LogP contribution < -0.4 is 10.1 Å². The van der Waals surface area contributed by atoms with Crippen LogP contribution in [0.4, 0.5) is 0 Å². The summed E-state index contributed by atoms with van der Waals surface area (Å²) in [5.41, 5.74) is 3.69. The Morgan fingerprint density at radius 1 is 1.24 bits per heavy atom. The summed E-state index contributed by atoms with van der Waals surface area (Å²) in [5, 5.41) is 5.72. The van der Waals surface area contributed by atoms with Gasteiger partial charge in [-0.3, -0.25) is 0 Å². The maximum Gasteiger partial charge on any atom is 0.124 e. The number of hydrogen-bond acceptors (Lipinski definition) is 4. The fraction of sp³-hybridized carbons (Fsp3) is 0.412. The van der Waals surface area contributed by atoms with Gasteiger partial charge >= 0.3 is 0 Å². The van der Waals surface area contributed by atoms with Gasteiger partial charge in [0.25, 0.3) is 0 Å². The predicted molar refractivity (Wildman–Crippen MR) is 88.0 cm³/mol. The zero-order chi connectivity index (χ0) is 15.2. The van der Waals surface area contributed by atoms with Crippen molar-refractivity contribution in [3.05, 3.63) is 51.2 Å². The van der Waals surface area contributed by atoms with Crippen LogP contribution in [0.1, 0.15) is 34.5 Å². The topological polar surface area (TPSA) is 30.5 Å². The quantitative estimate of drug-likeness (QED) is 0.836. The number of nitrogens with one attached hydrogen (secondary N) is 1. The molecule has 1 unspecified atom stereocenters. The Morgan fingerprint density at radius 3 is 2.67 bits per heavy atom. The lowest BCUT2D eigenvalue weighted by Gasteiger charge is -2.17. The molecule has 0 aliphatic heterocycles. The van der Waals surface area contributed by atoms with Crippen LogP contribution in [0.25, 0.3) is 0 Å². The Hall–Kier alpha value is -1.36. The molecule has 1 heterocycles. The molecule has 1 N–H and O–H groups in total. The molecule has 3 nitrogen and oxygen atoms in total. The fourth-order valence-corrected chi connectivity index (χ4v) is 3.14. The van der Waals surface area contributed by atoms with Crippen LogP contribution in [-0.2, 0) is 17.9 Å². The first-order chi connectivity index (χ1) is 10.2. The average Bonchev–Trinajstić information content (AvgIpc) is 2.90. The van der Waals surface area contributed by atoms with E-state index in [-0.39, 0.29) is 6.04 Å². The Bertz CT molecular complexity index is 580. The number of benzene rings is 1. The van der Waals surface area contributed by atoms with E-state index in [0.717, 1.165) is 17.9 Å². The summed E-state index contributed by atoms with van der Waals surface area (Å²) >= 11 is 1.80. The Kier molecular flexibility index (Phi) is 5.79. The van der Waals surface area contributed by atoms with Gasteiger partial charge in [0, 0.05) is 30.1 Å². The van der Waals surface area contributed by atoms with E-state index < -0.39 is 0 Å². The first kappa shape index (κ1) is 16.0. The lowest BCUT2D eigenvalue weighted by atomic mass is 10.0. The third kappa shape index (κ3) is 4.06. The van der Waals surface area contributed by atoms with Crippen molar-refractivity contribution in [2.75, 3.05) is 14.2 Å². The van der Waals surface area contributed by atoms with Gasteiger partial charge in [0.15, 0.2) is 0 Å². The van der Waals surface area contributed by atoms with E-state index in [9.17, 15) is 0 Å². The average molecular weight is 305 g/mol. The summed E-state index contributed by atoms with van der Waals surface area (Å²) in [6.07, 6.45) is 0. The van der Waals surface area contributed by atoms with Crippen LogP contribution in [-0.4, -0.2) is 14.2 Å². The van der Waals surface area contributed by atoms with Gasteiger partial charge in [-0.2, -0.15) is 0 Å². The van der Waals surface area contributed by atoms with Gasteiger partial charge in [0.1, 0.15) is 5.75 Å². The van der Waals surface area contributed by atoms with Gasteiger partial charge in [-0.15, -0.1) is 11.3 Å². The van der Waals surface area contributed by atoms with Crippen molar-refractivity contribution < 1.29 is 9.47 Å². The van der Waals surface area contributed by atoms with Gasteiger partial charge in [-0.1, -0.05) is 6.07 Å².